The molecule has 2 unspecified atom stereocenters. The van der Waals surface area contributed by atoms with Crippen molar-refractivity contribution in [3.63, 3.8) is 0 Å². The molecule has 1 aromatic rings. The van der Waals surface area contributed by atoms with Gasteiger partial charge in [-0.05, 0) is 93.6 Å². The number of hydrogen-bond donors (Lipinski definition) is 1. The molecule has 0 aromatic heterocycles. The fourth-order valence-electron chi connectivity index (χ4n) is 4.87. The van der Waals surface area contributed by atoms with Gasteiger partial charge in [-0.1, -0.05) is 74.0 Å². The third-order valence-electron chi connectivity index (χ3n) is 6.88. The lowest BCUT2D eigenvalue weighted by atomic mass is 9.76. The van der Waals surface area contributed by atoms with E-state index in [4.69, 9.17) is 0 Å². The molecule has 0 saturated carbocycles. The quantitative estimate of drug-likeness (QED) is 0.340. The molecule has 0 spiro atoms. The van der Waals surface area contributed by atoms with Crippen LogP contribution in [-0.2, 0) is 14.9 Å². The Hall–Kier alpha value is -1.54. The molecule has 1 N–H and O–H groups in total. The minimum absolute atomic E-state index is 0.0179. The highest BCUT2D eigenvalue weighted by atomic mass is 79.9. The number of carbonyl (C=O) groups excluding carboxylic acids is 1. The number of benzene rings is 1. The first-order valence-electron chi connectivity index (χ1n) is 11.7. The molecule has 2 aliphatic rings. The molecule has 2 atom stereocenters. The molecule has 1 aromatic carbocycles. The second-order valence-electron chi connectivity index (χ2n) is 9.86. The zero-order valence-electron chi connectivity index (χ0n) is 21.1. The smallest absolute Gasteiger partial charge is 0.272 e. The summed E-state index contributed by atoms with van der Waals surface area (Å²) < 4.78 is 36.7. The summed E-state index contributed by atoms with van der Waals surface area (Å²) in [7, 11) is -4.40. The molecule has 35 heavy (non-hydrogen) atoms. The van der Waals surface area contributed by atoms with Gasteiger partial charge in [-0.3, -0.25) is 9.35 Å². The highest BCUT2D eigenvalue weighted by Crippen LogP contribution is 2.45. The van der Waals surface area contributed by atoms with Crippen molar-refractivity contribution in [1.82, 2.24) is 0 Å². The first-order chi connectivity index (χ1) is 16.2. The third-order valence-corrected chi connectivity index (χ3v) is 10.2. The van der Waals surface area contributed by atoms with Gasteiger partial charge in [0.15, 0.2) is 5.78 Å². The van der Waals surface area contributed by atoms with E-state index in [1.165, 1.54) is 6.08 Å². The zero-order chi connectivity index (χ0) is 26.4. The summed E-state index contributed by atoms with van der Waals surface area (Å²) in [6.07, 6.45) is 8.70. The lowest BCUT2D eigenvalue weighted by Crippen LogP contribution is -2.30. The summed E-state index contributed by atoms with van der Waals surface area (Å²) in [5, 5.41) is -1.14. The van der Waals surface area contributed by atoms with Crippen molar-refractivity contribution in [3.05, 3.63) is 84.4 Å². The molecular formula is C28H32Br2O4S. The summed E-state index contributed by atoms with van der Waals surface area (Å²) in [5.41, 5.74) is 7.13. The molecule has 7 heteroatoms. The highest BCUT2D eigenvalue weighted by molar-refractivity contribution is 9.12. The molecule has 188 valence electrons. The number of allylic oxidation sites excluding steroid dienone is 9. The average Bonchev–Trinajstić information content (AvgIpc) is 2.78. The maximum absolute atomic E-state index is 13.0. The first kappa shape index (κ1) is 28.0. The number of carbonyl (C=O) groups is 1. The minimum Gasteiger partial charge on any atom is -0.288 e. The monoisotopic (exact) mass is 622 g/mol. The summed E-state index contributed by atoms with van der Waals surface area (Å²) in [5.74, 6) is -0.480. The van der Waals surface area contributed by atoms with Gasteiger partial charge in [-0.25, -0.2) is 0 Å². The Morgan fingerprint density at radius 2 is 1.57 bits per heavy atom. The van der Waals surface area contributed by atoms with E-state index in [-0.39, 0.29) is 17.6 Å². The van der Waals surface area contributed by atoms with Gasteiger partial charge in [-0.2, -0.15) is 8.42 Å². The molecule has 0 aliphatic heterocycles. The second kappa shape index (κ2) is 10.4. The van der Waals surface area contributed by atoms with Crippen LogP contribution in [0.1, 0.15) is 62.8 Å². The standard InChI is InChI=1S/C28H32Br2O4S/c1-14(2)20-12-22(17(6)26(29)16(20)5)25(19-10-8-9-11-24(19)35(32,33)34)23-13-21(15(3)4)28(31)27(30)18(23)7/h8-15,19,24H,1-7H3,(H,32,33,34)/b25-23+. The summed E-state index contributed by atoms with van der Waals surface area (Å²) in [4.78, 5) is 13.0. The summed E-state index contributed by atoms with van der Waals surface area (Å²) >= 11 is 7.29. The normalized spacial score (nSPS) is 22.4. The third kappa shape index (κ3) is 5.29. The fourth-order valence-corrected chi connectivity index (χ4v) is 6.64. The molecule has 0 saturated heterocycles. The van der Waals surface area contributed by atoms with Gasteiger partial charge in [0.1, 0.15) is 5.25 Å². The maximum Gasteiger partial charge on any atom is 0.272 e. The predicted molar refractivity (Wildman–Crippen MR) is 151 cm³/mol. The van der Waals surface area contributed by atoms with Crippen molar-refractivity contribution < 1.29 is 17.8 Å². The van der Waals surface area contributed by atoms with Crippen molar-refractivity contribution in [3.8, 4) is 0 Å². The summed E-state index contributed by atoms with van der Waals surface area (Å²) in [6.45, 7) is 14.2. The van der Waals surface area contributed by atoms with Gasteiger partial charge in [-0.15, -0.1) is 0 Å². The van der Waals surface area contributed by atoms with Crippen LogP contribution in [0.3, 0.4) is 0 Å². The Bertz CT molecular complexity index is 1340. The Morgan fingerprint density at radius 1 is 0.971 bits per heavy atom. The number of ketones is 1. The Labute approximate surface area is 226 Å². The van der Waals surface area contributed by atoms with E-state index in [2.05, 4.69) is 58.7 Å². The number of Topliss-reactive ketones (excluding diaryl/α,β-unsaturated/α-hetero) is 1. The fraction of sp³-hybridized carbons (Fsp3) is 0.393. The minimum atomic E-state index is -4.40. The molecule has 4 nitrogen and oxygen atoms in total. The van der Waals surface area contributed by atoms with E-state index < -0.39 is 21.3 Å². The van der Waals surface area contributed by atoms with E-state index >= 15 is 0 Å². The van der Waals surface area contributed by atoms with Crippen LogP contribution < -0.4 is 0 Å². The molecule has 0 bridgehead atoms. The van der Waals surface area contributed by atoms with Crippen LogP contribution in [-0.4, -0.2) is 24.0 Å². The first-order valence-corrected chi connectivity index (χ1v) is 14.8. The number of halogens is 2. The lowest BCUT2D eigenvalue weighted by Gasteiger charge is -2.31. The van der Waals surface area contributed by atoms with Crippen LogP contribution in [0, 0.1) is 25.7 Å². The molecule has 0 heterocycles. The van der Waals surface area contributed by atoms with Gasteiger partial charge in [0.2, 0.25) is 0 Å². The highest BCUT2D eigenvalue weighted by Gasteiger charge is 2.37. The van der Waals surface area contributed by atoms with E-state index in [0.717, 1.165) is 43.4 Å². The molecule has 3 rings (SSSR count). The summed E-state index contributed by atoms with van der Waals surface area (Å²) in [6, 6.07) is 2.14. The van der Waals surface area contributed by atoms with Crippen molar-refractivity contribution in [2.75, 3.05) is 0 Å². The Kier molecular flexibility index (Phi) is 8.37. The van der Waals surface area contributed by atoms with E-state index in [9.17, 15) is 17.8 Å². The maximum atomic E-state index is 13.0. The van der Waals surface area contributed by atoms with Gasteiger partial charge in [0, 0.05) is 16.0 Å². The Balaban J connectivity index is 2.54. The van der Waals surface area contributed by atoms with Crippen LogP contribution in [0.5, 0.6) is 0 Å². The molecule has 2 aliphatic carbocycles. The van der Waals surface area contributed by atoms with E-state index in [0.29, 0.717) is 10.1 Å². The number of hydrogen-bond acceptors (Lipinski definition) is 3. The average molecular weight is 624 g/mol. The van der Waals surface area contributed by atoms with Crippen molar-refractivity contribution in [2.24, 2.45) is 11.8 Å². The Morgan fingerprint density at radius 3 is 2.11 bits per heavy atom. The largest absolute Gasteiger partial charge is 0.288 e. The van der Waals surface area contributed by atoms with Gasteiger partial charge >= 0.3 is 0 Å². The van der Waals surface area contributed by atoms with E-state index in [1.54, 1.807) is 6.08 Å². The SMILES string of the molecule is CC1=C(Br)C(=O)C(C(C)C)=C/C1=C(\c1cc(C(C)C)c(C)c(Br)c1C)C1C=CC=CC1S(=O)(=O)O. The van der Waals surface area contributed by atoms with Crippen LogP contribution in [0.4, 0.5) is 0 Å². The van der Waals surface area contributed by atoms with Crippen molar-refractivity contribution >= 4 is 53.3 Å². The van der Waals surface area contributed by atoms with Gasteiger partial charge < -0.3 is 0 Å². The molecule has 0 radical (unpaired) electrons. The van der Waals surface area contributed by atoms with Crippen LogP contribution >= 0.6 is 31.9 Å². The van der Waals surface area contributed by atoms with Gasteiger partial charge in [0.25, 0.3) is 10.1 Å². The van der Waals surface area contributed by atoms with Crippen LogP contribution in [0.2, 0.25) is 0 Å². The second-order valence-corrected chi connectivity index (χ2v) is 13.0. The molecule has 0 fully saturated rings. The number of rotatable bonds is 5. The molecule has 0 amide bonds. The van der Waals surface area contributed by atoms with E-state index in [1.807, 2.05) is 45.9 Å². The predicted octanol–water partition coefficient (Wildman–Crippen LogP) is 7.78. The van der Waals surface area contributed by atoms with Gasteiger partial charge in [0.05, 0.1) is 4.48 Å². The van der Waals surface area contributed by atoms with Crippen LogP contribution in [0.25, 0.3) is 5.57 Å². The van der Waals surface area contributed by atoms with Crippen molar-refractivity contribution in [2.45, 2.75) is 59.6 Å². The topological polar surface area (TPSA) is 71.4 Å². The zero-order valence-corrected chi connectivity index (χ0v) is 25.1. The lowest BCUT2D eigenvalue weighted by molar-refractivity contribution is -0.112. The molecular weight excluding hydrogens is 592 g/mol. The van der Waals surface area contributed by atoms with Crippen molar-refractivity contribution in [1.29, 1.82) is 0 Å². The van der Waals surface area contributed by atoms with Crippen LogP contribution in [0.15, 0.2) is 62.1 Å².